The zero-order chi connectivity index (χ0) is 19.1. The molecule has 0 aromatic carbocycles. The van der Waals surface area contributed by atoms with Gasteiger partial charge >= 0.3 is 10.4 Å². The smallest absolute Gasteiger partial charge is 0.388 e. The van der Waals surface area contributed by atoms with Crippen LogP contribution in [0.3, 0.4) is 0 Å². The van der Waals surface area contributed by atoms with Gasteiger partial charge in [0.2, 0.25) is 0 Å². The predicted octanol–water partition coefficient (Wildman–Crippen LogP) is -3.51. The van der Waals surface area contributed by atoms with Gasteiger partial charge in [-0.3, -0.25) is 4.55 Å². The fraction of sp³-hybridized carbons (Fsp3) is 1.00. The average molecular weight is 390 g/mol. The minimum atomic E-state index is -4.93. The Kier molecular flexibility index (Phi) is 6.39. The van der Waals surface area contributed by atoms with E-state index in [4.69, 9.17) is 18.8 Å². The molecule has 0 radical (unpaired) electrons. The summed E-state index contributed by atoms with van der Waals surface area (Å²) in [5.74, 6) is 0. The SMILES string of the molecule is C[C@@H]1O[C@@H](O[C@@H]2[C@@H](O)[C@@H](OS(=O)(=O)O)[C@@H](C)O[C@H]2O)[C@H](O)[C@H](O)[C@H]1O. The van der Waals surface area contributed by atoms with Gasteiger partial charge in [0.25, 0.3) is 0 Å². The minimum absolute atomic E-state index is 0.939. The largest absolute Gasteiger partial charge is 0.397 e. The summed E-state index contributed by atoms with van der Waals surface area (Å²) in [6.07, 6.45) is -15.1. The highest BCUT2D eigenvalue weighted by molar-refractivity contribution is 7.80. The van der Waals surface area contributed by atoms with Gasteiger partial charge in [-0.1, -0.05) is 0 Å². The van der Waals surface area contributed by atoms with Crippen LogP contribution in [0.15, 0.2) is 0 Å². The maximum absolute atomic E-state index is 10.9. The number of hydrogen-bond donors (Lipinski definition) is 6. The lowest BCUT2D eigenvalue weighted by Gasteiger charge is -2.44. The van der Waals surface area contributed by atoms with Gasteiger partial charge in [-0.15, -0.1) is 0 Å². The van der Waals surface area contributed by atoms with E-state index in [1.807, 2.05) is 0 Å². The van der Waals surface area contributed by atoms with Gasteiger partial charge in [0, 0.05) is 0 Å². The first-order valence-corrected chi connectivity index (χ1v) is 8.81. The second-order valence-electron chi connectivity index (χ2n) is 5.99. The Bertz CT molecular complexity index is 554. The molecule has 2 heterocycles. The molecule has 2 aliphatic heterocycles. The summed E-state index contributed by atoms with van der Waals surface area (Å²) >= 11 is 0. The van der Waals surface area contributed by atoms with E-state index in [1.54, 1.807) is 0 Å². The molecule has 2 saturated heterocycles. The van der Waals surface area contributed by atoms with Gasteiger partial charge in [0.1, 0.15) is 36.6 Å². The van der Waals surface area contributed by atoms with Crippen LogP contribution in [0.1, 0.15) is 13.8 Å². The molecule has 25 heavy (non-hydrogen) atoms. The standard InChI is InChI=1S/C12H22O12S/c1-3-5(13)6(14)7(15)12(22-3)23-10-8(16)9(24-25(18,19)20)4(2)21-11(10)17/h3-17H,1-2H3,(H,18,19,20)/t3-,4+,5-,6+,7+,8-,9-,10+,11+,12-/m0/s1. The summed E-state index contributed by atoms with van der Waals surface area (Å²) in [6.45, 7) is 2.68. The first kappa shape index (κ1) is 20.9. The highest BCUT2D eigenvalue weighted by Gasteiger charge is 2.50. The summed E-state index contributed by atoms with van der Waals surface area (Å²) in [6, 6.07) is 0. The Morgan fingerprint density at radius 3 is 1.96 bits per heavy atom. The van der Waals surface area contributed by atoms with Crippen molar-refractivity contribution in [2.45, 2.75) is 75.3 Å². The molecule has 0 spiro atoms. The molecule has 6 N–H and O–H groups in total. The average Bonchev–Trinajstić information content (AvgIpc) is 2.49. The van der Waals surface area contributed by atoms with Gasteiger partial charge in [0.05, 0.1) is 12.2 Å². The van der Waals surface area contributed by atoms with Crippen molar-refractivity contribution in [2.24, 2.45) is 0 Å². The van der Waals surface area contributed by atoms with Gasteiger partial charge in [-0.25, -0.2) is 4.18 Å². The molecule has 0 aromatic heterocycles. The molecular formula is C12H22O12S. The number of aliphatic hydroxyl groups is 5. The molecule has 0 aromatic rings. The van der Waals surface area contributed by atoms with Crippen LogP contribution in [0.5, 0.6) is 0 Å². The van der Waals surface area contributed by atoms with Crippen molar-refractivity contribution in [2.75, 3.05) is 0 Å². The monoisotopic (exact) mass is 390 g/mol. The molecule has 10 atom stereocenters. The van der Waals surface area contributed by atoms with Crippen LogP contribution in [-0.4, -0.2) is 99.9 Å². The Labute approximate surface area is 143 Å². The molecule has 2 fully saturated rings. The van der Waals surface area contributed by atoms with Crippen molar-refractivity contribution in [3.63, 3.8) is 0 Å². The zero-order valence-electron chi connectivity index (χ0n) is 13.3. The molecule has 13 heteroatoms. The van der Waals surface area contributed by atoms with Crippen LogP contribution >= 0.6 is 0 Å². The van der Waals surface area contributed by atoms with Crippen molar-refractivity contribution in [3.05, 3.63) is 0 Å². The topological polar surface area (TPSA) is 192 Å². The Balaban J connectivity index is 2.14. The number of rotatable bonds is 4. The quantitative estimate of drug-likeness (QED) is 0.260. The van der Waals surface area contributed by atoms with Crippen molar-refractivity contribution in [3.8, 4) is 0 Å². The highest BCUT2D eigenvalue weighted by atomic mass is 32.3. The number of aliphatic hydroxyl groups excluding tert-OH is 5. The molecule has 0 bridgehead atoms. The summed E-state index contributed by atoms with van der Waals surface area (Å²) in [7, 11) is -4.93. The third kappa shape index (κ3) is 4.64. The minimum Gasteiger partial charge on any atom is -0.388 e. The maximum Gasteiger partial charge on any atom is 0.397 e. The van der Waals surface area contributed by atoms with Crippen molar-refractivity contribution >= 4 is 10.4 Å². The predicted molar refractivity (Wildman–Crippen MR) is 76.2 cm³/mol. The number of hydrogen-bond acceptors (Lipinski definition) is 11. The van der Waals surface area contributed by atoms with E-state index in [0.717, 1.165) is 0 Å². The van der Waals surface area contributed by atoms with E-state index in [1.165, 1.54) is 13.8 Å². The van der Waals surface area contributed by atoms with E-state index in [0.29, 0.717) is 0 Å². The first-order chi connectivity index (χ1) is 11.4. The lowest BCUT2D eigenvalue weighted by Crippen LogP contribution is -2.63. The van der Waals surface area contributed by atoms with E-state index in [9.17, 15) is 34.0 Å². The van der Waals surface area contributed by atoms with Crippen LogP contribution in [0.25, 0.3) is 0 Å². The van der Waals surface area contributed by atoms with E-state index in [-0.39, 0.29) is 0 Å². The van der Waals surface area contributed by atoms with Gasteiger partial charge in [-0.05, 0) is 13.8 Å². The fourth-order valence-electron chi connectivity index (χ4n) is 2.71. The third-order valence-corrected chi connectivity index (χ3v) is 4.57. The van der Waals surface area contributed by atoms with Crippen molar-refractivity contribution in [1.82, 2.24) is 0 Å². The van der Waals surface area contributed by atoms with Gasteiger partial charge in [0.15, 0.2) is 12.6 Å². The van der Waals surface area contributed by atoms with Crippen LogP contribution in [0.2, 0.25) is 0 Å². The lowest BCUT2D eigenvalue weighted by atomic mass is 9.98. The molecule has 0 amide bonds. The van der Waals surface area contributed by atoms with E-state index >= 15 is 0 Å². The van der Waals surface area contributed by atoms with E-state index in [2.05, 4.69) is 4.18 Å². The van der Waals surface area contributed by atoms with Crippen molar-refractivity contribution < 1.29 is 56.9 Å². The normalized spacial score (nSPS) is 49.1. The second kappa shape index (κ2) is 7.66. The Morgan fingerprint density at radius 2 is 1.40 bits per heavy atom. The van der Waals surface area contributed by atoms with Crippen molar-refractivity contribution in [1.29, 1.82) is 0 Å². The van der Waals surface area contributed by atoms with Gasteiger partial charge in [-0.2, -0.15) is 8.42 Å². The fourth-order valence-corrected chi connectivity index (χ4v) is 3.26. The molecular weight excluding hydrogens is 368 g/mol. The first-order valence-electron chi connectivity index (χ1n) is 7.44. The molecule has 0 unspecified atom stereocenters. The van der Waals surface area contributed by atoms with Crippen LogP contribution < -0.4 is 0 Å². The Hall–Kier alpha value is -0.450. The molecule has 0 saturated carbocycles. The molecule has 2 rings (SSSR count). The number of ether oxygens (including phenoxy) is 3. The summed E-state index contributed by atoms with van der Waals surface area (Å²) in [5.41, 5.74) is 0. The zero-order valence-corrected chi connectivity index (χ0v) is 14.1. The van der Waals surface area contributed by atoms with Gasteiger partial charge < -0.3 is 39.7 Å². The molecule has 0 aliphatic carbocycles. The molecule has 12 nitrogen and oxygen atoms in total. The summed E-state index contributed by atoms with van der Waals surface area (Å²) in [5, 5.41) is 49.4. The molecule has 2 aliphatic rings. The Morgan fingerprint density at radius 1 is 0.800 bits per heavy atom. The summed E-state index contributed by atoms with van der Waals surface area (Å²) in [4.78, 5) is 0. The third-order valence-electron chi connectivity index (χ3n) is 4.10. The lowest BCUT2D eigenvalue weighted by molar-refractivity contribution is -0.354. The van der Waals surface area contributed by atoms with Crippen LogP contribution in [0.4, 0.5) is 0 Å². The van der Waals surface area contributed by atoms with E-state index < -0.39 is 71.8 Å². The summed E-state index contributed by atoms with van der Waals surface area (Å²) < 4.78 is 50.3. The highest BCUT2D eigenvalue weighted by Crippen LogP contribution is 2.29. The van der Waals surface area contributed by atoms with Crippen LogP contribution in [-0.2, 0) is 28.8 Å². The second-order valence-corrected chi connectivity index (χ2v) is 7.04. The molecule has 148 valence electrons. The maximum atomic E-state index is 10.9. The van der Waals surface area contributed by atoms with Crippen LogP contribution in [0, 0.1) is 0 Å².